The van der Waals surface area contributed by atoms with Crippen molar-refractivity contribution < 1.29 is 0 Å². The number of nitrogens with two attached hydrogens (primary N) is 1. The second-order valence-electron chi connectivity index (χ2n) is 4.31. The first-order valence-electron chi connectivity index (χ1n) is 5.95. The van der Waals surface area contributed by atoms with Crippen LogP contribution in [-0.2, 0) is 13.5 Å². The average Bonchev–Trinajstić information content (AvgIpc) is 2.58. The van der Waals surface area contributed by atoms with Crippen molar-refractivity contribution >= 4 is 11.5 Å². The fourth-order valence-corrected chi connectivity index (χ4v) is 2.15. The predicted molar refractivity (Wildman–Crippen MR) is 67.4 cm³/mol. The molecular weight excluding hydrogens is 200 g/mol. The topological polar surface area (TPSA) is 55.9 Å². The zero-order valence-electron chi connectivity index (χ0n) is 10.0. The molecule has 0 radical (unpaired) electrons. The van der Waals surface area contributed by atoms with Crippen LogP contribution < -0.4 is 11.1 Å². The van der Waals surface area contributed by atoms with Gasteiger partial charge in [0.05, 0.1) is 11.4 Å². The Labute approximate surface area is 96.5 Å². The van der Waals surface area contributed by atoms with E-state index in [0.29, 0.717) is 6.04 Å². The Balaban J connectivity index is 2.14. The SMILES string of the molecule is CCc1nn(C)c(NC2CC=CCC2)c1N. The minimum Gasteiger partial charge on any atom is -0.394 e. The van der Waals surface area contributed by atoms with Gasteiger partial charge in [0.1, 0.15) is 5.82 Å². The van der Waals surface area contributed by atoms with Gasteiger partial charge in [-0.1, -0.05) is 19.1 Å². The van der Waals surface area contributed by atoms with Crippen LogP contribution >= 0.6 is 0 Å². The highest BCUT2D eigenvalue weighted by Crippen LogP contribution is 2.25. The van der Waals surface area contributed by atoms with E-state index in [4.69, 9.17) is 5.73 Å². The maximum absolute atomic E-state index is 6.07. The summed E-state index contributed by atoms with van der Waals surface area (Å²) in [6, 6.07) is 0.493. The molecule has 0 fully saturated rings. The molecule has 0 saturated carbocycles. The lowest BCUT2D eigenvalue weighted by molar-refractivity contribution is 0.631. The molecule has 1 atom stereocenters. The van der Waals surface area contributed by atoms with E-state index in [9.17, 15) is 0 Å². The van der Waals surface area contributed by atoms with E-state index in [0.717, 1.165) is 36.5 Å². The number of aromatic nitrogens is 2. The van der Waals surface area contributed by atoms with Gasteiger partial charge in [0.25, 0.3) is 0 Å². The van der Waals surface area contributed by atoms with Crippen LogP contribution in [0.15, 0.2) is 12.2 Å². The molecular formula is C12H20N4. The van der Waals surface area contributed by atoms with Crippen LogP contribution in [0.25, 0.3) is 0 Å². The highest BCUT2D eigenvalue weighted by Gasteiger charge is 2.16. The number of anilines is 2. The van der Waals surface area contributed by atoms with Crippen molar-refractivity contribution in [2.24, 2.45) is 7.05 Å². The summed E-state index contributed by atoms with van der Waals surface area (Å²) in [5, 5.41) is 7.90. The Bertz CT molecular complexity index is 392. The Kier molecular flexibility index (Phi) is 3.17. The van der Waals surface area contributed by atoms with Gasteiger partial charge in [-0.15, -0.1) is 0 Å². The van der Waals surface area contributed by atoms with Crippen LogP contribution in [0.3, 0.4) is 0 Å². The molecule has 0 bridgehead atoms. The molecule has 16 heavy (non-hydrogen) atoms. The standard InChI is InChI=1S/C12H20N4/c1-3-10-11(13)12(16(2)15-10)14-9-7-5-4-6-8-9/h4-5,9,14H,3,6-8,13H2,1-2H3. The van der Waals surface area contributed by atoms with Gasteiger partial charge in [-0.3, -0.25) is 4.68 Å². The smallest absolute Gasteiger partial charge is 0.148 e. The molecule has 1 unspecified atom stereocenters. The summed E-state index contributed by atoms with van der Waals surface area (Å²) in [5.74, 6) is 0.970. The molecule has 0 amide bonds. The molecule has 3 N–H and O–H groups in total. The molecule has 0 saturated heterocycles. The number of hydrogen-bond acceptors (Lipinski definition) is 3. The summed E-state index contributed by atoms with van der Waals surface area (Å²) in [4.78, 5) is 0. The summed E-state index contributed by atoms with van der Waals surface area (Å²) in [6.07, 6.45) is 8.74. The molecule has 2 rings (SSSR count). The van der Waals surface area contributed by atoms with Crippen molar-refractivity contribution in [1.82, 2.24) is 9.78 Å². The number of allylic oxidation sites excluding steroid dienone is 1. The fraction of sp³-hybridized carbons (Fsp3) is 0.583. The van der Waals surface area contributed by atoms with Crippen molar-refractivity contribution in [2.45, 2.75) is 38.6 Å². The van der Waals surface area contributed by atoms with E-state index in [1.54, 1.807) is 0 Å². The minimum atomic E-state index is 0.493. The van der Waals surface area contributed by atoms with E-state index >= 15 is 0 Å². The highest BCUT2D eigenvalue weighted by atomic mass is 15.3. The molecule has 0 aromatic carbocycles. The number of nitrogen functional groups attached to an aromatic ring is 1. The van der Waals surface area contributed by atoms with Crippen LogP contribution in [0, 0.1) is 0 Å². The summed E-state index contributed by atoms with van der Waals surface area (Å²) < 4.78 is 1.85. The van der Waals surface area contributed by atoms with Gasteiger partial charge in [0.2, 0.25) is 0 Å². The first-order chi connectivity index (χ1) is 7.72. The quantitative estimate of drug-likeness (QED) is 0.767. The summed E-state index contributed by atoms with van der Waals surface area (Å²) in [6.45, 7) is 2.08. The maximum atomic E-state index is 6.07. The maximum Gasteiger partial charge on any atom is 0.148 e. The van der Waals surface area contributed by atoms with Crippen molar-refractivity contribution in [3.05, 3.63) is 17.8 Å². The number of rotatable bonds is 3. The zero-order chi connectivity index (χ0) is 11.5. The predicted octanol–water partition coefficient (Wildman–Crippen LogP) is 2.09. The third-order valence-corrected chi connectivity index (χ3v) is 3.11. The molecule has 4 nitrogen and oxygen atoms in total. The number of aryl methyl sites for hydroxylation is 2. The van der Waals surface area contributed by atoms with Crippen molar-refractivity contribution in [1.29, 1.82) is 0 Å². The average molecular weight is 220 g/mol. The van der Waals surface area contributed by atoms with Gasteiger partial charge in [-0.2, -0.15) is 5.10 Å². The summed E-state index contributed by atoms with van der Waals surface area (Å²) >= 11 is 0. The zero-order valence-corrected chi connectivity index (χ0v) is 10.0. The van der Waals surface area contributed by atoms with E-state index in [1.807, 2.05) is 11.7 Å². The summed E-state index contributed by atoms with van der Waals surface area (Å²) in [5.41, 5.74) is 7.86. The van der Waals surface area contributed by atoms with Gasteiger partial charge in [-0.25, -0.2) is 0 Å². The lowest BCUT2D eigenvalue weighted by Gasteiger charge is -2.20. The molecule has 88 valence electrons. The van der Waals surface area contributed by atoms with Crippen LogP contribution in [-0.4, -0.2) is 15.8 Å². The molecule has 1 aliphatic rings. The van der Waals surface area contributed by atoms with Crippen LogP contribution in [0.4, 0.5) is 11.5 Å². The molecule has 1 aliphatic carbocycles. The highest BCUT2D eigenvalue weighted by molar-refractivity contribution is 5.65. The second-order valence-corrected chi connectivity index (χ2v) is 4.31. The number of nitrogens with zero attached hydrogens (tertiary/aromatic N) is 2. The lowest BCUT2D eigenvalue weighted by atomic mass is 10.0. The van der Waals surface area contributed by atoms with E-state index in [1.165, 1.54) is 6.42 Å². The van der Waals surface area contributed by atoms with Gasteiger partial charge in [0, 0.05) is 13.1 Å². The van der Waals surface area contributed by atoms with Gasteiger partial charge in [-0.05, 0) is 25.7 Å². The summed E-state index contributed by atoms with van der Waals surface area (Å²) in [7, 11) is 1.94. The fourth-order valence-electron chi connectivity index (χ4n) is 2.15. The first kappa shape index (κ1) is 11.0. The van der Waals surface area contributed by atoms with Crippen molar-refractivity contribution in [3.8, 4) is 0 Å². The second kappa shape index (κ2) is 4.60. The van der Waals surface area contributed by atoms with E-state index < -0.39 is 0 Å². The third kappa shape index (κ3) is 2.05. The Morgan fingerprint density at radius 2 is 2.38 bits per heavy atom. The van der Waals surface area contributed by atoms with Crippen molar-refractivity contribution in [3.63, 3.8) is 0 Å². The van der Waals surface area contributed by atoms with E-state index in [-0.39, 0.29) is 0 Å². The van der Waals surface area contributed by atoms with Crippen LogP contribution in [0.1, 0.15) is 31.9 Å². The minimum absolute atomic E-state index is 0.493. The van der Waals surface area contributed by atoms with Gasteiger partial charge < -0.3 is 11.1 Å². The monoisotopic (exact) mass is 220 g/mol. The number of hydrogen-bond donors (Lipinski definition) is 2. The largest absolute Gasteiger partial charge is 0.394 e. The third-order valence-electron chi connectivity index (χ3n) is 3.11. The molecule has 1 aromatic heterocycles. The molecule has 1 heterocycles. The molecule has 4 heteroatoms. The van der Waals surface area contributed by atoms with Crippen molar-refractivity contribution in [2.75, 3.05) is 11.1 Å². The van der Waals surface area contributed by atoms with Gasteiger partial charge >= 0.3 is 0 Å². The molecule has 0 aliphatic heterocycles. The lowest BCUT2D eigenvalue weighted by Crippen LogP contribution is -2.22. The Morgan fingerprint density at radius 1 is 1.56 bits per heavy atom. The Hall–Kier alpha value is -1.45. The van der Waals surface area contributed by atoms with Crippen LogP contribution in [0.5, 0.6) is 0 Å². The van der Waals surface area contributed by atoms with Crippen LogP contribution in [0.2, 0.25) is 0 Å². The molecule has 1 aromatic rings. The first-order valence-corrected chi connectivity index (χ1v) is 5.95. The normalized spacial score (nSPS) is 20.0. The molecule has 0 spiro atoms. The number of nitrogens with one attached hydrogen (secondary N) is 1. The van der Waals surface area contributed by atoms with E-state index in [2.05, 4.69) is 29.5 Å². The van der Waals surface area contributed by atoms with Gasteiger partial charge in [0.15, 0.2) is 0 Å². The Morgan fingerprint density at radius 3 is 2.94 bits per heavy atom.